The third-order valence-corrected chi connectivity index (χ3v) is 2.64. The SMILES string of the molecule is CN(C)C(=O)NCCNCc1cnn(C(C)(C)C)c1. The van der Waals surface area contributed by atoms with Crippen molar-refractivity contribution in [2.24, 2.45) is 0 Å². The van der Waals surface area contributed by atoms with E-state index in [0.717, 1.165) is 18.7 Å². The molecule has 1 aromatic rings. The molecule has 0 aliphatic rings. The molecule has 0 aliphatic carbocycles. The maximum Gasteiger partial charge on any atom is 0.316 e. The maximum atomic E-state index is 11.3. The lowest BCUT2D eigenvalue weighted by molar-refractivity contribution is 0.217. The van der Waals surface area contributed by atoms with Gasteiger partial charge in [-0.25, -0.2) is 4.79 Å². The molecular formula is C13H25N5O. The summed E-state index contributed by atoms with van der Waals surface area (Å²) >= 11 is 0. The monoisotopic (exact) mass is 267 g/mol. The molecule has 6 nitrogen and oxygen atoms in total. The summed E-state index contributed by atoms with van der Waals surface area (Å²) in [5.41, 5.74) is 1.16. The number of carbonyl (C=O) groups is 1. The molecule has 0 aromatic carbocycles. The number of urea groups is 1. The number of amides is 2. The molecule has 1 aromatic heterocycles. The molecule has 6 heteroatoms. The van der Waals surface area contributed by atoms with Crippen LogP contribution >= 0.6 is 0 Å². The van der Waals surface area contributed by atoms with Gasteiger partial charge < -0.3 is 15.5 Å². The van der Waals surface area contributed by atoms with Crippen LogP contribution in [0.15, 0.2) is 12.4 Å². The van der Waals surface area contributed by atoms with Crippen molar-refractivity contribution in [2.75, 3.05) is 27.2 Å². The van der Waals surface area contributed by atoms with Gasteiger partial charge in [-0.1, -0.05) is 0 Å². The van der Waals surface area contributed by atoms with Crippen molar-refractivity contribution in [3.63, 3.8) is 0 Å². The van der Waals surface area contributed by atoms with Crippen molar-refractivity contribution in [3.05, 3.63) is 18.0 Å². The van der Waals surface area contributed by atoms with Crippen LogP contribution in [0, 0.1) is 0 Å². The van der Waals surface area contributed by atoms with E-state index in [1.165, 1.54) is 4.90 Å². The first-order valence-electron chi connectivity index (χ1n) is 6.50. The third-order valence-electron chi connectivity index (χ3n) is 2.64. The number of aromatic nitrogens is 2. The molecule has 0 radical (unpaired) electrons. The minimum Gasteiger partial charge on any atom is -0.337 e. The van der Waals surface area contributed by atoms with Gasteiger partial charge in [-0.05, 0) is 20.8 Å². The summed E-state index contributed by atoms with van der Waals surface area (Å²) in [6.45, 7) is 8.47. The van der Waals surface area contributed by atoms with Gasteiger partial charge in [-0.3, -0.25) is 4.68 Å². The van der Waals surface area contributed by atoms with Crippen LogP contribution in [0.5, 0.6) is 0 Å². The quantitative estimate of drug-likeness (QED) is 0.782. The van der Waals surface area contributed by atoms with Gasteiger partial charge in [0, 0.05) is 45.5 Å². The largest absolute Gasteiger partial charge is 0.337 e. The highest BCUT2D eigenvalue weighted by atomic mass is 16.2. The Bertz CT molecular complexity index is 405. The molecule has 0 spiro atoms. The number of rotatable bonds is 5. The molecule has 0 saturated heterocycles. The number of hydrogen-bond donors (Lipinski definition) is 2. The van der Waals surface area contributed by atoms with Gasteiger partial charge in [0.1, 0.15) is 0 Å². The van der Waals surface area contributed by atoms with Crippen LogP contribution < -0.4 is 10.6 Å². The zero-order chi connectivity index (χ0) is 14.5. The standard InChI is InChI=1S/C13H25N5O/c1-13(2,3)18-10-11(9-16-18)8-14-6-7-15-12(19)17(4)5/h9-10,14H,6-8H2,1-5H3,(H,15,19). The van der Waals surface area contributed by atoms with Gasteiger partial charge in [-0.15, -0.1) is 0 Å². The first-order chi connectivity index (χ1) is 8.80. The van der Waals surface area contributed by atoms with Gasteiger partial charge in [0.15, 0.2) is 0 Å². The Morgan fingerprint density at radius 1 is 1.37 bits per heavy atom. The molecule has 2 amide bonds. The zero-order valence-electron chi connectivity index (χ0n) is 12.5. The molecular weight excluding hydrogens is 242 g/mol. The normalized spacial score (nSPS) is 11.4. The van der Waals surface area contributed by atoms with Crippen LogP contribution in [-0.4, -0.2) is 47.9 Å². The van der Waals surface area contributed by atoms with Crippen molar-refractivity contribution in [3.8, 4) is 0 Å². The van der Waals surface area contributed by atoms with Crippen LogP contribution in [0.3, 0.4) is 0 Å². The summed E-state index contributed by atoms with van der Waals surface area (Å²) in [4.78, 5) is 12.8. The van der Waals surface area contributed by atoms with E-state index < -0.39 is 0 Å². The zero-order valence-corrected chi connectivity index (χ0v) is 12.5. The Balaban J connectivity index is 2.23. The fourth-order valence-corrected chi connectivity index (χ4v) is 1.47. The Labute approximate surface area is 115 Å². The highest BCUT2D eigenvalue weighted by Gasteiger charge is 2.13. The number of hydrogen-bond acceptors (Lipinski definition) is 3. The van der Waals surface area contributed by atoms with Crippen molar-refractivity contribution in [1.29, 1.82) is 0 Å². The van der Waals surface area contributed by atoms with Gasteiger partial charge in [-0.2, -0.15) is 5.10 Å². The highest BCUT2D eigenvalue weighted by molar-refractivity contribution is 5.73. The van der Waals surface area contributed by atoms with Crippen molar-refractivity contribution >= 4 is 6.03 Å². The van der Waals surface area contributed by atoms with Gasteiger partial charge >= 0.3 is 6.03 Å². The minimum atomic E-state index is -0.0673. The summed E-state index contributed by atoms with van der Waals surface area (Å²) in [5.74, 6) is 0. The Hall–Kier alpha value is -1.56. The Morgan fingerprint density at radius 3 is 2.58 bits per heavy atom. The summed E-state index contributed by atoms with van der Waals surface area (Å²) in [6.07, 6.45) is 3.92. The fourth-order valence-electron chi connectivity index (χ4n) is 1.47. The van der Waals surface area contributed by atoms with Crippen molar-refractivity contribution in [2.45, 2.75) is 32.9 Å². The smallest absolute Gasteiger partial charge is 0.316 e. The molecule has 1 rings (SSSR count). The van der Waals surface area contributed by atoms with Crippen LogP contribution in [0.1, 0.15) is 26.3 Å². The van der Waals surface area contributed by atoms with Crippen molar-refractivity contribution < 1.29 is 4.79 Å². The second-order valence-electron chi connectivity index (χ2n) is 5.77. The van der Waals surface area contributed by atoms with Crippen LogP contribution in [0.4, 0.5) is 4.79 Å². The first kappa shape index (κ1) is 15.5. The molecule has 0 bridgehead atoms. The molecule has 0 saturated carbocycles. The van der Waals surface area contributed by atoms with Gasteiger partial charge in [0.25, 0.3) is 0 Å². The molecule has 0 unspecified atom stereocenters. The third kappa shape index (κ3) is 5.30. The number of nitrogens with zero attached hydrogens (tertiary/aromatic N) is 3. The summed E-state index contributed by atoms with van der Waals surface area (Å²) in [5, 5.41) is 10.4. The van der Waals surface area contributed by atoms with E-state index >= 15 is 0 Å². The predicted molar refractivity (Wildman–Crippen MR) is 76.0 cm³/mol. The van der Waals surface area contributed by atoms with Crippen LogP contribution in [0.25, 0.3) is 0 Å². The second kappa shape index (κ2) is 6.56. The number of carbonyl (C=O) groups excluding carboxylic acids is 1. The molecule has 2 N–H and O–H groups in total. The Kier molecular flexibility index (Phi) is 5.35. The molecule has 0 fully saturated rings. The average Bonchev–Trinajstić information content (AvgIpc) is 2.76. The molecule has 108 valence electrons. The predicted octanol–water partition coefficient (Wildman–Crippen LogP) is 0.999. The number of nitrogens with one attached hydrogen (secondary N) is 2. The lowest BCUT2D eigenvalue weighted by Gasteiger charge is -2.18. The minimum absolute atomic E-state index is 0.0118. The fraction of sp³-hybridized carbons (Fsp3) is 0.692. The topological polar surface area (TPSA) is 62.2 Å². The second-order valence-corrected chi connectivity index (χ2v) is 5.77. The van der Waals surface area contributed by atoms with E-state index in [1.807, 2.05) is 17.1 Å². The Morgan fingerprint density at radius 2 is 2.05 bits per heavy atom. The highest BCUT2D eigenvalue weighted by Crippen LogP contribution is 2.12. The summed E-state index contributed by atoms with van der Waals surface area (Å²) in [6, 6.07) is -0.0673. The van der Waals surface area contributed by atoms with Gasteiger partial charge in [0.05, 0.1) is 11.7 Å². The summed E-state index contributed by atoms with van der Waals surface area (Å²) < 4.78 is 1.96. The van der Waals surface area contributed by atoms with E-state index in [4.69, 9.17) is 0 Å². The lowest BCUT2D eigenvalue weighted by atomic mass is 10.1. The van der Waals surface area contributed by atoms with E-state index in [9.17, 15) is 4.79 Å². The van der Waals surface area contributed by atoms with E-state index in [2.05, 4.69) is 36.5 Å². The molecule has 19 heavy (non-hydrogen) atoms. The average molecular weight is 267 g/mol. The van der Waals surface area contributed by atoms with Crippen molar-refractivity contribution in [1.82, 2.24) is 25.3 Å². The molecule has 0 aliphatic heterocycles. The van der Waals surface area contributed by atoms with Crippen LogP contribution in [0.2, 0.25) is 0 Å². The van der Waals surface area contributed by atoms with Gasteiger partial charge in [0.2, 0.25) is 0 Å². The van der Waals surface area contributed by atoms with E-state index in [-0.39, 0.29) is 11.6 Å². The summed E-state index contributed by atoms with van der Waals surface area (Å²) in [7, 11) is 3.45. The molecule has 1 heterocycles. The molecule has 0 atom stereocenters. The maximum absolute atomic E-state index is 11.3. The van der Waals surface area contributed by atoms with Crippen LogP contribution in [-0.2, 0) is 12.1 Å². The van der Waals surface area contributed by atoms with E-state index in [0.29, 0.717) is 6.54 Å². The first-order valence-corrected chi connectivity index (χ1v) is 6.50. The lowest BCUT2D eigenvalue weighted by Crippen LogP contribution is -2.38. The van der Waals surface area contributed by atoms with E-state index in [1.54, 1.807) is 14.1 Å².